The van der Waals surface area contributed by atoms with Gasteiger partial charge in [-0.3, -0.25) is 14.4 Å². The predicted octanol–water partition coefficient (Wildman–Crippen LogP) is 1.21. The van der Waals surface area contributed by atoms with Crippen molar-refractivity contribution in [2.75, 3.05) is 38.2 Å². The maximum atomic E-state index is 13.7. The number of carbonyl (C=O) groups is 3. The molecule has 1 aromatic heterocycles. The van der Waals surface area contributed by atoms with Crippen LogP contribution < -0.4 is 10.6 Å². The topological polar surface area (TPSA) is 124 Å². The standard InChI is InChI=1S/C23H25FN4O5/c1-12-18(10-16-15-9-14(24)3-4-17(15)27-21(16)30)26-13(2)20(12)22(31)25-11-19(29)23(32)28-5-7-33-8-6-28/h3-4,9-10,19,26,29H,5-8,11H2,1-2H3,(H,25,31)(H,27,30)/b16-10-/t19-/m0/s1. The Morgan fingerprint density at radius 1 is 1.30 bits per heavy atom. The first-order chi connectivity index (χ1) is 15.8. The highest BCUT2D eigenvalue weighted by Crippen LogP contribution is 2.34. The van der Waals surface area contributed by atoms with Crippen LogP contribution in [0, 0.1) is 19.7 Å². The number of ether oxygens (including phenoxy) is 1. The molecule has 0 unspecified atom stereocenters. The molecule has 0 spiro atoms. The normalized spacial score (nSPS) is 17.6. The van der Waals surface area contributed by atoms with Crippen molar-refractivity contribution < 1.29 is 28.6 Å². The lowest BCUT2D eigenvalue weighted by atomic mass is 10.0. The first-order valence-electron chi connectivity index (χ1n) is 10.6. The Balaban J connectivity index is 1.49. The van der Waals surface area contributed by atoms with Crippen LogP contribution in [-0.4, -0.2) is 71.7 Å². The average molecular weight is 456 g/mol. The van der Waals surface area contributed by atoms with Gasteiger partial charge in [-0.15, -0.1) is 0 Å². The van der Waals surface area contributed by atoms with Crippen LogP contribution in [-0.2, 0) is 14.3 Å². The van der Waals surface area contributed by atoms with Gasteiger partial charge in [-0.25, -0.2) is 4.39 Å². The van der Waals surface area contributed by atoms with E-state index in [9.17, 15) is 23.9 Å². The number of halogens is 1. The summed E-state index contributed by atoms with van der Waals surface area (Å²) in [5.41, 5.74) is 3.28. The van der Waals surface area contributed by atoms with E-state index in [1.54, 1.807) is 19.9 Å². The number of H-pyrrole nitrogens is 1. The zero-order valence-electron chi connectivity index (χ0n) is 18.3. The summed E-state index contributed by atoms with van der Waals surface area (Å²) < 4.78 is 18.9. The van der Waals surface area contributed by atoms with Crippen LogP contribution in [0.15, 0.2) is 18.2 Å². The summed E-state index contributed by atoms with van der Waals surface area (Å²) in [6.45, 7) is 4.84. The molecule has 10 heteroatoms. The number of aryl methyl sites for hydroxylation is 1. The first-order valence-corrected chi connectivity index (χ1v) is 10.6. The highest BCUT2D eigenvalue weighted by atomic mass is 19.1. The third kappa shape index (κ3) is 4.53. The monoisotopic (exact) mass is 456 g/mol. The largest absolute Gasteiger partial charge is 0.381 e. The number of aliphatic hydroxyl groups excluding tert-OH is 1. The van der Waals surface area contributed by atoms with Crippen LogP contribution in [0.5, 0.6) is 0 Å². The fraction of sp³-hybridized carbons (Fsp3) is 0.348. The Morgan fingerprint density at radius 3 is 2.76 bits per heavy atom. The lowest BCUT2D eigenvalue weighted by Gasteiger charge is -2.28. The van der Waals surface area contributed by atoms with Gasteiger partial charge in [-0.05, 0) is 43.7 Å². The highest BCUT2D eigenvalue weighted by molar-refractivity contribution is 6.34. The van der Waals surface area contributed by atoms with Crippen LogP contribution in [0.1, 0.15) is 32.9 Å². The Hall–Kier alpha value is -3.50. The third-order valence-corrected chi connectivity index (χ3v) is 5.82. The highest BCUT2D eigenvalue weighted by Gasteiger charge is 2.27. The fourth-order valence-corrected chi connectivity index (χ4v) is 4.07. The fourth-order valence-electron chi connectivity index (χ4n) is 4.07. The number of nitrogens with one attached hydrogen (secondary N) is 3. The van der Waals surface area contributed by atoms with E-state index < -0.39 is 23.7 Å². The van der Waals surface area contributed by atoms with Crippen molar-refractivity contribution in [1.82, 2.24) is 15.2 Å². The second kappa shape index (κ2) is 9.16. The van der Waals surface area contributed by atoms with Gasteiger partial charge >= 0.3 is 0 Å². The van der Waals surface area contributed by atoms with Gasteiger partial charge in [0.05, 0.1) is 30.9 Å². The lowest BCUT2D eigenvalue weighted by Crippen LogP contribution is -2.49. The number of aliphatic hydroxyl groups is 1. The van der Waals surface area contributed by atoms with Crippen molar-refractivity contribution in [3.05, 3.63) is 52.1 Å². The van der Waals surface area contributed by atoms with Crippen molar-refractivity contribution in [2.45, 2.75) is 20.0 Å². The summed E-state index contributed by atoms with van der Waals surface area (Å²) in [6, 6.07) is 4.05. The van der Waals surface area contributed by atoms with Gasteiger partial charge in [0.15, 0.2) is 0 Å². The number of hydrogen-bond donors (Lipinski definition) is 4. The third-order valence-electron chi connectivity index (χ3n) is 5.82. The minimum atomic E-state index is -1.36. The molecule has 1 fully saturated rings. The Labute approximate surface area is 189 Å². The zero-order valence-corrected chi connectivity index (χ0v) is 18.3. The summed E-state index contributed by atoms with van der Waals surface area (Å²) in [5, 5.41) is 15.5. The number of benzene rings is 1. The number of carbonyl (C=O) groups excluding carboxylic acids is 3. The van der Waals surface area contributed by atoms with Gasteiger partial charge in [0.25, 0.3) is 17.7 Å². The van der Waals surface area contributed by atoms with Crippen molar-refractivity contribution in [3.63, 3.8) is 0 Å². The Kier molecular flexibility index (Phi) is 6.30. The molecule has 33 heavy (non-hydrogen) atoms. The number of hydrogen-bond acceptors (Lipinski definition) is 5. The van der Waals surface area contributed by atoms with Gasteiger partial charge in [0.2, 0.25) is 0 Å². The number of aromatic amines is 1. The van der Waals surface area contributed by atoms with Gasteiger partial charge < -0.3 is 30.4 Å². The second-order valence-electron chi connectivity index (χ2n) is 8.03. The van der Waals surface area contributed by atoms with Crippen LogP contribution in [0.3, 0.4) is 0 Å². The summed E-state index contributed by atoms with van der Waals surface area (Å²) in [7, 11) is 0. The minimum absolute atomic E-state index is 0.232. The van der Waals surface area contributed by atoms with E-state index in [4.69, 9.17) is 4.74 Å². The molecule has 0 aliphatic carbocycles. The molecule has 2 aromatic rings. The summed E-state index contributed by atoms with van der Waals surface area (Å²) in [6.07, 6.45) is 0.220. The number of morpholine rings is 1. The Bertz CT molecular complexity index is 1150. The summed E-state index contributed by atoms with van der Waals surface area (Å²) in [5.74, 6) is -1.73. The molecule has 3 heterocycles. The van der Waals surface area contributed by atoms with E-state index >= 15 is 0 Å². The molecule has 4 N–H and O–H groups in total. The number of nitrogens with zero attached hydrogens (tertiary/aromatic N) is 1. The van der Waals surface area contributed by atoms with Crippen LogP contribution in [0.4, 0.5) is 10.1 Å². The van der Waals surface area contributed by atoms with Crippen molar-refractivity contribution in [1.29, 1.82) is 0 Å². The van der Waals surface area contributed by atoms with E-state index in [0.717, 1.165) is 0 Å². The number of amides is 3. The predicted molar refractivity (Wildman–Crippen MR) is 119 cm³/mol. The molecule has 2 aliphatic rings. The van der Waals surface area contributed by atoms with Crippen molar-refractivity contribution >= 4 is 35.1 Å². The number of rotatable bonds is 5. The van der Waals surface area contributed by atoms with Crippen LogP contribution >= 0.6 is 0 Å². The van der Waals surface area contributed by atoms with Crippen LogP contribution in [0.2, 0.25) is 0 Å². The van der Waals surface area contributed by atoms with Crippen LogP contribution in [0.25, 0.3) is 11.6 Å². The molecule has 4 rings (SSSR count). The van der Waals surface area contributed by atoms with Gasteiger partial charge in [0, 0.05) is 35.7 Å². The van der Waals surface area contributed by atoms with E-state index in [-0.39, 0.29) is 18.0 Å². The van der Waals surface area contributed by atoms with E-state index in [1.807, 2.05) is 0 Å². The molecule has 1 saturated heterocycles. The summed E-state index contributed by atoms with van der Waals surface area (Å²) >= 11 is 0. The molecule has 9 nitrogen and oxygen atoms in total. The maximum absolute atomic E-state index is 13.7. The first kappa shape index (κ1) is 22.7. The molecule has 2 aliphatic heterocycles. The molecule has 0 bridgehead atoms. The lowest BCUT2D eigenvalue weighted by molar-refractivity contribution is -0.143. The molecule has 1 atom stereocenters. The average Bonchev–Trinajstić information content (AvgIpc) is 3.26. The number of anilines is 1. The van der Waals surface area contributed by atoms with Gasteiger partial charge in [-0.2, -0.15) is 0 Å². The maximum Gasteiger partial charge on any atom is 0.256 e. The number of aromatic nitrogens is 1. The van der Waals surface area contributed by atoms with Crippen molar-refractivity contribution in [2.24, 2.45) is 0 Å². The van der Waals surface area contributed by atoms with Crippen molar-refractivity contribution in [3.8, 4) is 0 Å². The zero-order chi connectivity index (χ0) is 23.7. The molecule has 3 amide bonds. The van der Waals surface area contributed by atoms with Gasteiger partial charge in [0.1, 0.15) is 11.9 Å². The van der Waals surface area contributed by atoms with E-state index in [0.29, 0.717) is 60.1 Å². The quantitative estimate of drug-likeness (QED) is 0.504. The Morgan fingerprint density at radius 2 is 2.03 bits per heavy atom. The smallest absolute Gasteiger partial charge is 0.256 e. The molecule has 0 saturated carbocycles. The van der Waals surface area contributed by atoms with Gasteiger partial charge in [-0.1, -0.05) is 0 Å². The minimum Gasteiger partial charge on any atom is -0.381 e. The van der Waals surface area contributed by atoms with E-state index in [1.165, 1.54) is 23.1 Å². The molecule has 1 aromatic carbocycles. The molecular weight excluding hydrogens is 431 g/mol. The van der Waals surface area contributed by atoms with E-state index in [2.05, 4.69) is 15.6 Å². The summed E-state index contributed by atoms with van der Waals surface area (Å²) in [4.78, 5) is 42.1. The number of fused-ring (bicyclic) bond motifs is 1. The molecule has 0 radical (unpaired) electrons. The molecule has 174 valence electrons. The molecular formula is C23H25FN4O5. The SMILES string of the molecule is Cc1[nH]c(/C=C2\C(=O)Nc3ccc(F)cc32)c(C)c1C(=O)NC[C@H](O)C(=O)N1CCOCC1. The second-order valence-corrected chi connectivity index (χ2v) is 8.03.